The van der Waals surface area contributed by atoms with Gasteiger partial charge in [0.25, 0.3) is 5.91 Å². The number of thiocarbonyl (C=S) groups is 1. The van der Waals surface area contributed by atoms with Crippen LogP contribution in [0.15, 0.2) is 70.0 Å². The highest BCUT2D eigenvalue weighted by Crippen LogP contribution is 2.34. The smallest absolute Gasteiger partial charge is 0.266 e. The number of carbonyl (C=O) groups excluding carboxylic acids is 2. The molecule has 0 spiro atoms. The third-order valence-corrected chi connectivity index (χ3v) is 6.23. The summed E-state index contributed by atoms with van der Waals surface area (Å²) in [7, 11) is 0. The summed E-state index contributed by atoms with van der Waals surface area (Å²) >= 11 is 12.6. The summed E-state index contributed by atoms with van der Waals surface area (Å²) in [5, 5.41) is 0.647. The lowest BCUT2D eigenvalue weighted by Gasteiger charge is -2.14. The molecule has 0 radical (unpaired) electrons. The fraction of sp³-hybridized carbons (Fsp3) is 0.0870. The highest BCUT2D eigenvalue weighted by molar-refractivity contribution is 8.26. The van der Waals surface area contributed by atoms with Crippen LogP contribution < -0.4 is 0 Å². The first-order chi connectivity index (χ1) is 14.4. The fourth-order valence-corrected chi connectivity index (χ4v) is 4.35. The number of amides is 1. The minimum absolute atomic E-state index is 0.0160. The van der Waals surface area contributed by atoms with Crippen molar-refractivity contribution >= 4 is 57.7 Å². The predicted molar refractivity (Wildman–Crippen MR) is 124 cm³/mol. The molecule has 150 valence electrons. The van der Waals surface area contributed by atoms with E-state index in [1.807, 2.05) is 30.3 Å². The quantitative estimate of drug-likeness (QED) is 0.261. The summed E-state index contributed by atoms with van der Waals surface area (Å²) in [6.45, 7) is 1.92. The van der Waals surface area contributed by atoms with Gasteiger partial charge in [0.2, 0.25) is 0 Å². The molecule has 4 rings (SSSR count). The number of carbonyl (C=O) groups is 2. The second-order valence-corrected chi connectivity index (χ2v) is 8.84. The molecular formula is C23H16ClNO3S2. The van der Waals surface area contributed by atoms with Gasteiger partial charge in [-0.05, 0) is 36.8 Å². The number of benzene rings is 2. The Bertz CT molecular complexity index is 1160. The van der Waals surface area contributed by atoms with E-state index in [-0.39, 0.29) is 11.7 Å². The lowest BCUT2D eigenvalue weighted by atomic mass is 10.1. The maximum Gasteiger partial charge on any atom is 0.266 e. The Morgan fingerprint density at radius 2 is 1.80 bits per heavy atom. The van der Waals surface area contributed by atoms with E-state index in [1.165, 1.54) is 18.7 Å². The molecule has 7 heteroatoms. The van der Waals surface area contributed by atoms with Gasteiger partial charge in [0.05, 0.1) is 11.4 Å². The summed E-state index contributed by atoms with van der Waals surface area (Å²) in [6, 6.07) is 18.2. The molecule has 30 heavy (non-hydrogen) atoms. The van der Waals surface area contributed by atoms with E-state index in [4.69, 9.17) is 28.2 Å². The molecule has 0 saturated carbocycles. The summed E-state index contributed by atoms with van der Waals surface area (Å²) in [5.74, 6) is 1.09. The lowest BCUT2D eigenvalue weighted by Crippen LogP contribution is -2.27. The van der Waals surface area contributed by atoms with Crippen LogP contribution >= 0.6 is 35.6 Å². The van der Waals surface area contributed by atoms with E-state index in [0.717, 1.165) is 11.1 Å². The summed E-state index contributed by atoms with van der Waals surface area (Å²) in [4.78, 5) is 26.3. The molecule has 0 unspecified atom stereocenters. The van der Waals surface area contributed by atoms with Crippen molar-refractivity contribution in [1.29, 1.82) is 0 Å². The molecule has 3 aromatic rings. The predicted octanol–water partition coefficient (Wildman–Crippen LogP) is 6.20. The van der Waals surface area contributed by atoms with Crippen molar-refractivity contribution in [2.24, 2.45) is 0 Å². The number of hydrogen-bond donors (Lipinski definition) is 0. The average Bonchev–Trinajstić information content (AvgIpc) is 3.30. The second kappa shape index (κ2) is 8.60. The van der Waals surface area contributed by atoms with Crippen molar-refractivity contribution in [2.75, 3.05) is 0 Å². The van der Waals surface area contributed by atoms with Crippen molar-refractivity contribution in [1.82, 2.24) is 4.90 Å². The van der Waals surface area contributed by atoms with Gasteiger partial charge in [-0.3, -0.25) is 14.5 Å². The Hall–Kier alpha value is -2.67. The van der Waals surface area contributed by atoms with Crippen LogP contribution in [0.5, 0.6) is 0 Å². The van der Waals surface area contributed by atoms with E-state index in [0.29, 0.717) is 37.9 Å². The summed E-state index contributed by atoms with van der Waals surface area (Å²) in [6.07, 6.45) is 1.70. The average molecular weight is 454 g/mol. The number of hydrogen-bond acceptors (Lipinski definition) is 5. The number of furan rings is 1. The molecule has 0 atom stereocenters. The number of halogens is 1. The molecule has 1 fully saturated rings. The number of nitrogens with zero attached hydrogens (tertiary/aromatic N) is 1. The van der Waals surface area contributed by atoms with Crippen LogP contribution in [0.25, 0.3) is 17.4 Å². The van der Waals surface area contributed by atoms with Crippen LogP contribution in [0.1, 0.15) is 28.6 Å². The minimum Gasteiger partial charge on any atom is -0.457 e. The Kier molecular flexibility index (Phi) is 5.90. The molecule has 0 N–H and O–H groups in total. The molecule has 2 heterocycles. The van der Waals surface area contributed by atoms with Gasteiger partial charge < -0.3 is 4.42 Å². The topological polar surface area (TPSA) is 50.5 Å². The number of ketones is 1. The number of rotatable bonds is 5. The molecule has 1 aliphatic rings. The first kappa shape index (κ1) is 20.6. The van der Waals surface area contributed by atoms with Crippen LogP contribution in [0.3, 0.4) is 0 Å². The third-order valence-electron chi connectivity index (χ3n) is 4.60. The van der Waals surface area contributed by atoms with Crippen molar-refractivity contribution in [3.63, 3.8) is 0 Å². The van der Waals surface area contributed by atoms with E-state index >= 15 is 0 Å². The van der Waals surface area contributed by atoms with Crippen LogP contribution in [-0.4, -0.2) is 20.9 Å². The maximum atomic E-state index is 12.8. The van der Waals surface area contributed by atoms with Crippen LogP contribution in [0.4, 0.5) is 0 Å². The third kappa shape index (κ3) is 4.41. The number of thioether (sulfide) groups is 1. The Labute approximate surface area is 188 Å². The monoisotopic (exact) mass is 453 g/mol. The molecule has 1 aliphatic heterocycles. The van der Waals surface area contributed by atoms with E-state index < -0.39 is 0 Å². The van der Waals surface area contributed by atoms with Crippen molar-refractivity contribution in [3.05, 3.63) is 87.5 Å². The highest BCUT2D eigenvalue weighted by Gasteiger charge is 2.32. The Morgan fingerprint density at radius 3 is 2.47 bits per heavy atom. The number of Topliss-reactive ketones (excluding diaryl/α,β-unsaturated/α-hetero) is 1. The largest absolute Gasteiger partial charge is 0.457 e. The fourth-order valence-electron chi connectivity index (χ4n) is 2.99. The van der Waals surface area contributed by atoms with Gasteiger partial charge in [0, 0.05) is 22.2 Å². The van der Waals surface area contributed by atoms with E-state index in [9.17, 15) is 9.59 Å². The van der Waals surface area contributed by atoms with E-state index in [1.54, 1.807) is 41.3 Å². The molecule has 1 aromatic heterocycles. The van der Waals surface area contributed by atoms with Crippen molar-refractivity contribution < 1.29 is 14.0 Å². The minimum atomic E-state index is -0.149. The van der Waals surface area contributed by atoms with Gasteiger partial charge in [-0.1, -0.05) is 72.0 Å². The van der Waals surface area contributed by atoms with Crippen LogP contribution in [0.2, 0.25) is 5.02 Å². The molecule has 1 saturated heterocycles. The van der Waals surface area contributed by atoms with Crippen molar-refractivity contribution in [3.8, 4) is 11.3 Å². The highest BCUT2D eigenvalue weighted by atomic mass is 35.5. The zero-order valence-electron chi connectivity index (χ0n) is 15.9. The van der Waals surface area contributed by atoms with Gasteiger partial charge in [0.1, 0.15) is 15.8 Å². The first-order valence-corrected chi connectivity index (χ1v) is 10.7. The summed E-state index contributed by atoms with van der Waals surface area (Å²) in [5.41, 5.74) is 2.45. The second-order valence-electron chi connectivity index (χ2n) is 6.73. The Balaban J connectivity index is 1.51. The van der Waals surface area contributed by atoms with Gasteiger partial charge in [0.15, 0.2) is 5.78 Å². The first-order valence-electron chi connectivity index (χ1n) is 9.12. The van der Waals surface area contributed by atoms with Gasteiger partial charge in [-0.15, -0.1) is 0 Å². The zero-order valence-corrected chi connectivity index (χ0v) is 18.3. The van der Waals surface area contributed by atoms with Crippen LogP contribution in [0, 0.1) is 0 Å². The molecule has 1 amide bonds. The molecule has 4 nitrogen and oxygen atoms in total. The van der Waals surface area contributed by atoms with Gasteiger partial charge in [-0.25, -0.2) is 0 Å². The maximum absolute atomic E-state index is 12.8. The molecule has 0 bridgehead atoms. The van der Waals surface area contributed by atoms with Gasteiger partial charge >= 0.3 is 0 Å². The molecule has 2 aromatic carbocycles. The Morgan fingerprint density at radius 1 is 1.10 bits per heavy atom. The van der Waals surface area contributed by atoms with Crippen molar-refractivity contribution in [2.45, 2.75) is 13.5 Å². The zero-order chi connectivity index (χ0) is 21.3. The molecule has 0 aliphatic carbocycles. The molecular weight excluding hydrogens is 438 g/mol. The van der Waals surface area contributed by atoms with Crippen LogP contribution in [-0.2, 0) is 11.3 Å². The van der Waals surface area contributed by atoms with E-state index in [2.05, 4.69) is 0 Å². The standard InChI is InChI=1S/C23H16ClNO3S2/c1-14(26)16-4-6-17(7-5-16)20-11-10-19(28-20)12-21-22(27)25(23(29)30-21)13-15-2-8-18(24)9-3-15/h2-12H,13H2,1H3/b21-12-. The lowest BCUT2D eigenvalue weighted by molar-refractivity contribution is -0.122. The normalized spacial score (nSPS) is 15.3. The summed E-state index contributed by atoms with van der Waals surface area (Å²) < 4.78 is 6.39. The van der Waals surface area contributed by atoms with Gasteiger partial charge in [-0.2, -0.15) is 0 Å². The SMILES string of the molecule is CC(=O)c1ccc(-c2ccc(/C=C3\SC(=S)N(Cc4ccc(Cl)cc4)C3=O)o2)cc1.